The van der Waals surface area contributed by atoms with Gasteiger partial charge >= 0.3 is 0 Å². The van der Waals surface area contributed by atoms with Crippen LogP contribution in [0, 0.1) is 5.92 Å². The van der Waals surface area contributed by atoms with E-state index in [9.17, 15) is 0 Å². The van der Waals surface area contributed by atoms with Crippen molar-refractivity contribution < 1.29 is 9.47 Å². The summed E-state index contributed by atoms with van der Waals surface area (Å²) in [5.74, 6) is 0.697. The quantitative estimate of drug-likeness (QED) is 0.817. The highest BCUT2D eigenvalue weighted by atomic mass is 16.6. The van der Waals surface area contributed by atoms with Crippen LogP contribution >= 0.6 is 0 Å². The van der Waals surface area contributed by atoms with Crippen molar-refractivity contribution in [1.82, 2.24) is 10.2 Å². The Morgan fingerprint density at radius 1 is 1.28 bits per heavy atom. The molecule has 0 spiro atoms. The van der Waals surface area contributed by atoms with Gasteiger partial charge in [0.25, 0.3) is 0 Å². The summed E-state index contributed by atoms with van der Waals surface area (Å²) in [6.07, 6.45) is 1.51. The SMILES string of the molecule is CCNC1CCN(CC2COCCO2)C(C)C1C. The van der Waals surface area contributed by atoms with Crippen LogP contribution in [0.3, 0.4) is 0 Å². The number of hydrogen-bond acceptors (Lipinski definition) is 4. The van der Waals surface area contributed by atoms with Crippen molar-refractivity contribution in [3.8, 4) is 0 Å². The zero-order chi connectivity index (χ0) is 13.0. The van der Waals surface area contributed by atoms with E-state index >= 15 is 0 Å². The second-order valence-corrected chi connectivity index (χ2v) is 5.62. The molecule has 2 saturated heterocycles. The Labute approximate surface area is 111 Å². The largest absolute Gasteiger partial charge is 0.376 e. The van der Waals surface area contributed by atoms with Gasteiger partial charge in [-0.1, -0.05) is 13.8 Å². The molecule has 4 unspecified atom stereocenters. The van der Waals surface area contributed by atoms with Crippen molar-refractivity contribution in [3.05, 3.63) is 0 Å². The fourth-order valence-corrected chi connectivity index (χ4v) is 3.15. The van der Waals surface area contributed by atoms with Crippen molar-refractivity contribution in [2.45, 2.75) is 45.4 Å². The highest BCUT2D eigenvalue weighted by Gasteiger charge is 2.33. The van der Waals surface area contributed by atoms with Gasteiger partial charge < -0.3 is 14.8 Å². The van der Waals surface area contributed by atoms with Crippen LogP contribution in [0.1, 0.15) is 27.2 Å². The Morgan fingerprint density at radius 2 is 2.11 bits per heavy atom. The van der Waals surface area contributed by atoms with Gasteiger partial charge in [0.05, 0.1) is 25.9 Å². The molecule has 2 rings (SSSR count). The normalized spacial score (nSPS) is 38.8. The second-order valence-electron chi connectivity index (χ2n) is 5.62. The van der Waals surface area contributed by atoms with Gasteiger partial charge in [0, 0.05) is 25.2 Å². The number of ether oxygens (including phenoxy) is 2. The molecule has 0 amide bonds. The van der Waals surface area contributed by atoms with Crippen LogP contribution in [0.5, 0.6) is 0 Å². The monoisotopic (exact) mass is 256 g/mol. The number of rotatable bonds is 4. The van der Waals surface area contributed by atoms with E-state index in [1.165, 1.54) is 13.0 Å². The van der Waals surface area contributed by atoms with Crippen LogP contribution in [0.15, 0.2) is 0 Å². The van der Waals surface area contributed by atoms with Gasteiger partial charge in [-0.3, -0.25) is 4.90 Å². The molecule has 0 radical (unpaired) electrons. The Bertz CT molecular complexity index is 244. The molecule has 4 nitrogen and oxygen atoms in total. The highest BCUT2D eigenvalue weighted by Crippen LogP contribution is 2.24. The summed E-state index contributed by atoms with van der Waals surface area (Å²) in [5, 5.41) is 3.61. The molecule has 4 atom stereocenters. The van der Waals surface area contributed by atoms with Gasteiger partial charge in [-0.15, -0.1) is 0 Å². The van der Waals surface area contributed by atoms with E-state index < -0.39 is 0 Å². The smallest absolute Gasteiger partial charge is 0.0936 e. The van der Waals surface area contributed by atoms with E-state index in [4.69, 9.17) is 9.47 Å². The summed E-state index contributed by atoms with van der Waals surface area (Å²) in [6, 6.07) is 1.29. The number of likely N-dealkylation sites (tertiary alicyclic amines) is 1. The number of nitrogens with zero attached hydrogens (tertiary/aromatic N) is 1. The van der Waals surface area contributed by atoms with Crippen LogP contribution in [-0.4, -0.2) is 62.5 Å². The molecule has 2 heterocycles. The molecule has 2 aliphatic heterocycles. The minimum absolute atomic E-state index is 0.268. The molecule has 4 heteroatoms. The van der Waals surface area contributed by atoms with E-state index in [-0.39, 0.29) is 6.10 Å². The third-order valence-corrected chi connectivity index (χ3v) is 4.49. The van der Waals surface area contributed by atoms with Gasteiger partial charge in [-0.25, -0.2) is 0 Å². The average molecular weight is 256 g/mol. The third kappa shape index (κ3) is 3.44. The Balaban J connectivity index is 1.83. The zero-order valence-corrected chi connectivity index (χ0v) is 12.0. The minimum Gasteiger partial charge on any atom is -0.376 e. The van der Waals surface area contributed by atoms with Crippen LogP contribution in [0.25, 0.3) is 0 Å². The molecule has 2 aliphatic rings. The highest BCUT2D eigenvalue weighted by molar-refractivity contribution is 4.89. The molecule has 18 heavy (non-hydrogen) atoms. The molecule has 0 aromatic rings. The predicted octanol–water partition coefficient (Wildman–Crippen LogP) is 1.11. The molecular weight excluding hydrogens is 228 g/mol. The van der Waals surface area contributed by atoms with E-state index in [0.717, 1.165) is 32.9 Å². The van der Waals surface area contributed by atoms with Crippen molar-refractivity contribution >= 4 is 0 Å². The zero-order valence-electron chi connectivity index (χ0n) is 12.0. The van der Waals surface area contributed by atoms with Crippen LogP contribution in [-0.2, 0) is 9.47 Å². The number of piperidine rings is 1. The molecule has 0 aliphatic carbocycles. The van der Waals surface area contributed by atoms with E-state index in [1.807, 2.05) is 0 Å². The summed E-state index contributed by atoms with van der Waals surface area (Å²) in [6.45, 7) is 12.4. The van der Waals surface area contributed by atoms with Crippen molar-refractivity contribution in [2.75, 3.05) is 39.5 Å². The first kappa shape index (κ1) is 14.3. The van der Waals surface area contributed by atoms with E-state index in [1.54, 1.807) is 0 Å². The third-order valence-electron chi connectivity index (χ3n) is 4.49. The van der Waals surface area contributed by atoms with Gasteiger partial charge in [0.15, 0.2) is 0 Å². The Kier molecular flexibility index (Phi) is 5.42. The Hall–Kier alpha value is -0.160. The lowest BCUT2D eigenvalue weighted by molar-refractivity contribution is -0.105. The summed E-state index contributed by atoms with van der Waals surface area (Å²) in [4.78, 5) is 2.57. The lowest BCUT2D eigenvalue weighted by Crippen LogP contribution is -2.55. The van der Waals surface area contributed by atoms with E-state index in [2.05, 4.69) is 31.0 Å². The lowest BCUT2D eigenvalue weighted by atomic mass is 9.87. The molecule has 1 N–H and O–H groups in total. The van der Waals surface area contributed by atoms with Crippen molar-refractivity contribution in [1.29, 1.82) is 0 Å². The molecular formula is C14H28N2O2. The van der Waals surface area contributed by atoms with Crippen molar-refractivity contribution in [2.24, 2.45) is 5.92 Å². The topological polar surface area (TPSA) is 33.7 Å². The van der Waals surface area contributed by atoms with Gasteiger partial charge in [-0.2, -0.15) is 0 Å². The molecule has 0 saturated carbocycles. The van der Waals surface area contributed by atoms with Gasteiger partial charge in [0.2, 0.25) is 0 Å². The second kappa shape index (κ2) is 6.85. The van der Waals surface area contributed by atoms with Crippen molar-refractivity contribution in [3.63, 3.8) is 0 Å². The summed E-state index contributed by atoms with van der Waals surface area (Å²) < 4.78 is 11.2. The molecule has 0 aromatic heterocycles. The first-order chi connectivity index (χ1) is 8.72. The standard InChI is InChI=1S/C14H28N2O2/c1-4-15-14-5-6-16(12(3)11(14)2)9-13-10-17-7-8-18-13/h11-15H,4-10H2,1-3H3. The maximum absolute atomic E-state index is 5.76. The summed E-state index contributed by atoms with van der Waals surface area (Å²) in [5.41, 5.74) is 0. The van der Waals surface area contributed by atoms with E-state index in [0.29, 0.717) is 18.0 Å². The summed E-state index contributed by atoms with van der Waals surface area (Å²) >= 11 is 0. The van der Waals surface area contributed by atoms with Gasteiger partial charge in [0.1, 0.15) is 0 Å². The van der Waals surface area contributed by atoms with Crippen LogP contribution in [0.2, 0.25) is 0 Å². The van der Waals surface area contributed by atoms with Gasteiger partial charge in [-0.05, 0) is 25.8 Å². The minimum atomic E-state index is 0.268. The fourth-order valence-electron chi connectivity index (χ4n) is 3.15. The predicted molar refractivity (Wildman–Crippen MR) is 72.8 cm³/mol. The lowest BCUT2D eigenvalue weighted by Gasteiger charge is -2.44. The number of nitrogens with one attached hydrogen (secondary N) is 1. The van der Waals surface area contributed by atoms with Crippen LogP contribution in [0.4, 0.5) is 0 Å². The molecule has 0 bridgehead atoms. The molecule has 0 aromatic carbocycles. The maximum Gasteiger partial charge on any atom is 0.0936 e. The fraction of sp³-hybridized carbons (Fsp3) is 1.00. The first-order valence-electron chi connectivity index (χ1n) is 7.39. The maximum atomic E-state index is 5.76. The average Bonchev–Trinajstić information content (AvgIpc) is 2.40. The first-order valence-corrected chi connectivity index (χ1v) is 7.39. The van der Waals surface area contributed by atoms with Crippen LogP contribution < -0.4 is 5.32 Å². The Morgan fingerprint density at radius 3 is 2.78 bits per heavy atom. The molecule has 106 valence electrons. The molecule has 2 fully saturated rings. The number of hydrogen-bond donors (Lipinski definition) is 1. The summed E-state index contributed by atoms with van der Waals surface area (Å²) in [7, 11) is 0.